The summed E-state index contributed by atoms with van der Waals surface area (Å²) in [6.45, 7) is 0.331. The predicted molar refractivity (Wildman–Crippen MR) is 124 cm³/mol. The molecule has 0 saturated carbocycles. The number of rotatable bonds is 6. The van der Waals surface area contributed by atoms with Crippen molar-refractivity contribution in [1.82, 2.24) is 19.4 Å². The molecule has 0 radical (unpaired) electrons. The molecule has 35 heavy (non-hydrogen) atoms. The minimum atomic E-state index is -1.25. The van der Waals surface area contributed by atoms with Crippen LogP contribution in [-0.4, -0.2) is 38.8 Å². The quantitative estimate of drug-likeness (QED) is 0.140. The van der Waals surface area contributed by atoms with E-state index >= 15 is 0 Å². The lowest BCUT2D eigenvalue weighted by atomic mass is 10.1. The molecule has 182 valence electrons. The van der Waals surface area contributed by atoms with Crippen LogP contribution < -0.4 is 32.5 Å². The molecule has 15 heteroatoms. The van der Waals surface area contributed by atoms with Crippen molar-refractivity contribution in [2.45, 2.75) is 6.54 Å². The molecule has 4 aromatic rings. The van der Waals surface area contributed by atoms with Gasteiger partial charge in [0.2, 0.25) is 0 Å². The largest absolute Gasteiger partial charge is 0.477 e. The van der Waals surface area contributed by atoms with Crippen molar-refractivity contribution in [3.8, 4) is 0 Å². The molecule has 0 aliphatic heterocycles. The molecule has 0 unspecified atom stereocenters. The Hall–Kier alpha value is -4.56. The van der Waals surface area contributed by atoms with E-state index in [1.165, 1.54) is 25.3 Å². The van der Waals surface area contributed by atoms with E-state index in [4.69, 9.17) is 28.4 Å². The maximum atomic E-state index is 13.5. The van der Waals surface area contributed by atoms with Crippen molar-refractivity contribution >= 4 is 52.2 Å². The molecule has 0 spiro atoms. The third kappa shape index (κ3) is 5.18. The van der Waals surface area contributed by atoms with Gasteiger partial charge in [-0.05, 0) is 29.5 Å². The second-order valence-corrected chi connectivity index (χ2v) is 7.13. The lowest BCUT2D eigenvalue weighted by molar-refractivity contribution is 0.0590. The first-order valence-corrected chi connectivity index (χ1v) is 9.90. The Bertz CT molecular complexity index is 1510. The van der Waals surface area contributed by atoms with Gasteiger partial charge < -0.3 is 26.6 Å². The molecule has 0 fully saturated rings. The number of nitrogens with zero attached hydrogens (tertiary/aromatic N) is 3. The van der Waals surface area contributed by atoms with E-state index in [2.05, 4.69) is 25.0 Å². The predicted octanol–water partition coefficient (Wildman–Crippen LogP) is 0.787. The number of fused-ring (bicyclic) bond motifs is 1. The molecule has 0 atom stereocenters. The number of hydrogen-bond acceptors (Lipinski definition) is 11. The lowest BCUT2D eigenvalue weighted by Gasteiger charge is -2.11. The highest BCUT2D eigenvalue weighted by atomic mass is 35.5. The smallest absolute Gasteiger partial charge is 0.356 e. The van der Waals surface area contributed by atoms with Crippen LogP contribution in [0.5, 0.6) is 0 Å². The number of anilines is 4. The van der Waals surface area contributed by atoms with Crippen molar-refractivity contribution < 1.29 is 23.8 Å². The molecule has 2 aromatic heterocycles. The molecule has 0 bridgehead atoms. The normalized spacial score (nSPS) is 10.6. The summed E-state index contributed by atoms with van der Waals surface area (Å²) in [6.07, 6.45) is 0. The Kier molecular flexibility index (Phi) is 7.27. The Labute approximate surface area is 199 Å². The maximum Gasteiger partial charge on any atom is 0.356 e. The standard InChI is InChI=1S/C11H9ClFN3O2.C9H8N4O4/c12-15-4-5-1-2-6(13)7(3-5)16-9-8(14)10(17)11(9)18;1-17-9(16)5-2-4(8(14)15)11-7-3-6(10)12-13(5)7/h1-3,15-16H,4,14H2;2-3H,1H3,(H2,10,12)(H,14,15). The van der Waals surface area contributed by atoms with Gasteiger partial charge in [-0.15, -0.1) is 5.10 Å². The van der Waals surface area contributed by atoms with E-state index in [1.54, 1.807) is 6.07 Å². The highest BCUT2D eigenvalue weighted by molar-refractivity contribution is 6.13. The highest BCUT2D eigenvalue weighted by Gasteiger charge is 2.19. The fourth-order valence-electron chi connectivity index (χ4n) is 2.88. The summed E-state index contributed by atoms with van der Waals surface area (Å²) in [7, 11) is 1.18. The van der Waals surface area contributed by atoms with Gasteiger partial charge in [0.25, 0.3) is 10.9 Å². The Morgan fingerprint density at radius 1 is 1.20 bits per heavy atom. The topological polar surface area (TPSA) is 204 Å². The summed E-state index contributed by atoms with van der Waals surface area (Å²) in [4.78, 5) is 50.6. The van der Waals surface area contributed by atoms with E-state index in [9.17, 15) is 23.6 Å². The van der Waals surface area contributed by atoms with Gasteiger partial charge in [0.15, 0.2) is 17.0 Å². The van der Waals surface area contributed by atoms with Crippen molar-refractivity contribution in [2.75, 3.05) is 23.9 Å². The average Bonchev–Trinajstić information content (AvgIpc) is 3.23. The number of esters is 1. The van der Waals surface area contributed by atoms with Gasteiger partial charge in [0, 0.05) is 18.7 Å². The molecular weight excluding hydrogens is 489 g/mol. The van der Waals surface area contributed by atoms with Crippen LogP contribution in [0.15, 0.2) is 39.9 Å². The van der Waals surface area contributed by atoms with Crippen LogP contribution in [0.1, 0.15) is 26.5 Å². The van der Waals surface area contributed by atoms with Crippen LogP contribution in [0.3, 0.4) is 0 Å². The number of carbonyl (C=O) groups is 2. The van der Waals surface area contributed by atoms with E-state index in [0.29, 0.717) is 12.1 Å². The van der Waals surface area contributed by atoms with Crippen LogP contribution in [0, 0.1) is 5.82 Å². The molecule has 13 nitrogen and oxygen atoms in total. The zero-order chi connectivity index (χ0) is 25.9. The third-order valence-electron chi connectivity index (χ3n) is 4.57. The van der Waals surface area contributed by atoms with Gasteiger partial charge in [0.1, 0.15) is 23.0 Å². The monoisotopic (exact) mass is 505 g/mol. The number of nitrogens with two attached hydrogens (primary N) is 2. The average molecular weight is 506 g/mol. The van der Waals surface area contributed by atoms with Gasteiger partial charge in [-0.3, -0.25) is 9.59 Å². The molecule has 0 amide bonds. The van der Waals surface area contributed by atoms with E-state index in [-0.39, 0.29) is 39.9 Å². The fourth-order valence-corrected chi connectivity index (χ4v) is 3.03. The van der Waals surface area contributed by atoms with Crippen molar-refractivity contribution in [3.05, 3.63) is 73.5 Å². The van der Waals surface area contributed by atoms with Gasteiger partial charge in [-0.25, -0.2) is 28.3 Å². The third-order valence-corrected chi connectivity index (χ3v) is 4.70. The van der Waals surface area contributed by atoms with E-state index < -0.39 is 28.6 Å². The number of aromatic carboxylic acids is 1. The first-order chi connectivity index (χ1) is 16.6. The number of benzene rings is 1. The number of hydrogen-bond donors (Lipinski definition) is 5. The van der Waals surface area contributed by atoms with Gasteiger partial charge in [-0.1, -0.05) is 6.07 Å². The van der Waals surface area contributed by atoms with Gasteiger partial charge in [0.05, 0.1) is 12.8 Å². The van der Waals surface area contributed by atoms with Crippen LogP contribution >= 0.6 is 11.8 Å². The Morgan fingerprint density at radius 3 is 2.51 bits per heavy atom. The van der Waals surface area contributed by atoms with Crippen molar-refractivity contribution in [2.24, 2.45) is 0 Å². The van der Waals surface area contributed by atoms with Crippen LogP contribution in [0.4, 0.5) is 27.3 Å². The molecule has 2 aromatic carbocycles. The van der Waals surface area contributed by atoms with Crippen LogP contribution in [0.25, 0.3) is 5.65 Å². The van der Waals surface area contributed by atoms with Crippen molar-refractivity contribution in [1.29, 1.82) is 0 Å². The summed E-state index contributed by atoms with van der Waals surface area (Å²) in [5, 5.41) is 15.2. The molecule has 4 rings (SSSR count). The lowest BCUT2D eigenvalue weighted by Crippen LogP contribution is -2.36. The van der Waals surface area contributed by atoms with Crippen LogP contribution in [-0.2, 0) is 11.3 Å². The number of carbonyl (C=O) groups excluding carboxylic acids is 1. The second kappa shape index (κ2) is 10.1. The number of methoxy groups -OCH3 is 1. The minimum absolute atomic E-state index is 0.0494. The number of nitrogens with one attached hydrogen (secondary N) is 2. The number of ether oxygens (including phenoxy) is 1. The summed E-state index contributed by atoms with van der Waals surface area (Å²) in [6, 6.07) is 6.68. The highest BCUT2D eigenvalue weighted by Crippen LogP contribution is 2.22. The number of carboxylic acid groups (broad SMARTS) is 1. The van der Waals surface area contributed by atoms with Gasteiger partial charge in [-0.2, -0.15) is 0 Å². The zero-order valence-corrected chi connectivity index (χ0v) is 18.6. The maximum absolute atomic E-state index is 13.5. The molecular formula is C20H17ClFN7O6. The molecule has 0 aliphatic carbocycles. The summed E-state index contributed by atoms with van der Waals surface area (Å²) in [5.74, 6) is -2.40. The first-order valence-electron chi connectivity index (χ1n) is 9.53. The van der Waals surface area contributed by atoms with E-state index in [1.807, 2.05) is 0 Å². The molecule has 0 saturated heterocycles. The summed E-state index contributed by atoms with van der Waals surface area (Å²) in [5.41, 5.74) is 9.67. The molecule has 0 aliphatic rings. The number of aromatic nitrogens is 3. The van der Waals surface area contributed by atoms with Crippen molar-refractivity contribution in [3.63, 3.8) is 0 Å². The van der Waals surface area contributed by atoms with Crippen LogP contribution in [0.2, 0.25) is 0 Å². The summed E-state index contributed by atoms with van der Waals surface area (Å²) < 4.78 is 19.2. The summed E-state index contributed by atoms with van der Waals surface area (Å²) >= 11 is 5.35. The van der Waals surface area contributed by atoms with Gasteiger partial charge >= 0.3 is 11.9 Å². The number of carboxylic acids is 1. The molecule has 7 N–H and O–H groups in total. The Balaban J connectivity index is 0.000000196. The number of nitrogen functional groups attached to an aromatic ring is 2. The number of halogens is 2. The molecule has 2 heterocycles. The minimum Gasteiger partial charge on any atom is -0.477 e. The first kappa shape index (κ1) is 25.1. The SMILES string of the molecule is COC(=O)c1cc(C(=O)O)nc2cc(N)nn12.Nc1c(Nc2cc(CNCl)ccc2F)c(=O)c1=O. The second-order valence-electron chi connectivity index (χ2n) is 6.86. The fraction of sp³-hybridized carbons (Fsp3) is 0.100. The Morgan fingerprint density at radius 2 is 1.91 bits per heavy atom. The van der Waals surface area contributed by atoms with E-state index in [0.717, 1.165) is 10.6 Å². The zero-order valence-electron chi connectivity index (χ0n) is 17.8.